The van der Waals surface area contributed by atoms with Crippen LogP contribution in [0.1, 0.15) is 22.5 Å². The number of nitrogens with one attached hydrogen (secondary N) is 1. The van der Waals surface area contributed by atoms with Gasteiger partial charge in [-0.2, -0.15) is 0 Å². The van der Waals surface area contributed by atoms with Crippen molar-refractivity contribution < 1.29 is 14.3 Å². The van der Waals surface area contributed by atoms with E-state index < -0.39 is 0 Å². The fourth-order valence-electron chi connectivity index (χ4n) is 2.20. The quantitative estimate of drug-likeness (QED) is 0.793. The molecule has 122 valence electrons. The number of aromatic nitrogens is 2. The van der Waals surface area contributed by atoms with E-state index in [0.29, 0.717) is 22.9 Å². The minimum Gasteiger partial charge on any atom is -0.496 e. The van der Waals surface area contributed by atoms with Crippen LogP contribution in [0, 0.1) is 13.8 Å². The van der Waals surface area contributed by atoms with Crippen LogP contribution >= 0.6 is 0 Å². The molecular weight excluding hydrogens is 294 g/mol. The van der Waals surface area contributed by atoms with Crippen molar-refractivity contribution in [3.8, 4) is 11.6 Å². The van der Waals surface area contributed by atoms with Gasteiger partial charge in [0.25, 0.3) is 0 Å². The molecule has 2 aromatic rings. The second-order valence-corrected chi connectivity index (χ2v) is 5.04. The van der Waals surface area contributed by atoms with Gasteiger partial charge < -0.3 is 9.47 Å². The molecule has 0 aromatic carbocycles. The second-order valence-electron chi connectivity index (χ2n) is 5.04. The number of rotatable bonds is 7. The molecule has 0 saturated heterocycles. The van der Waals surface area contributed by atoms with Crippen molar-refractivity contribution in [1.82, 2.24) is 15.4 Å². The number of aryl methyl sites for hydroxylation is 2. The Labute approximate surface area is 136 Å². The van der Waals surface area contributed by atoms with E-state index >= 15 is 0 Å². The molecule has 1 N–H and O–H groups in total. The van der Waals surface area contributed by atoms with Crippen LogP contribution in [0.2, 0.25) is 0 Å². The minimum atomic E-state index is 0.212. The molecule has 6 nitrogen and oxygen atoms in total. The highest BCUT2D eigenvalue weighted by atomic mass is 16.6. The molecule has 2 heterocycles. The number of hydroxylamine groups is 1. The van der Waals surface area contributed by atoms with Crippen LogP contribution < -0.4 is 15.0 Å². The first-order valence-corrected chi connectivity index (χ1v) is 7.13. The molecule has 0 spiro atoms. The normalized spacial score (nSPS) is 10.3. The van der Waals surface area contributed by atoms with Gasteiger partial charge in [-0.3, -0.25) is 15.3 Å². The molecule has 23 heavy (non-hydrogen) atoms. The third-order valence-electron chi connectivity index (χ3n) is 3.21. The van der Waals surface area contributed by atoms with Crippen LogP contribution in [-0.4, -0.2) is 24.2 Å². The third-order valence-corrected chi connectivity index (χ3v) is 3.21. The van der Waals surface area contributed by atoms with Gasteiger partial charge in [-0.25, -0.2) is 4.98 Å². The van der Waals surface area contributed by atoms with Gasteiger partial charge >= 0.3 is 0 Å². The molecule has 0 saturated carbocycles. The van der Waals surface area contributed by atoms with Crippen LogP contribution in [0.5, 0.6) is 11.6 Å². The van der Waals surface area contributed by atoms with Gasteiger partial charge in [0.2, 0.25) is 5.88 Å². The molecule has 0 unspecified atom stereocenters. The van der Waals surface area contributed by atoms with E-state index in [1.54, 1.807) is 26.5 Å². The molecule has 0 aliphatic rings. The Balaban J connectivity index is 2.03. The minimum absolute atomic E-state index is 0.212. The number of hydrogen-bond donors (Lipinski definition) is 1. The van der Waals surface area contributed by atoms with Crippen molar-refractivity contribution in [3.05, 3.63) is 53.5 Å². The number of hydrogen-bond acceptors (Lipinski definition) is 6. The van der Waals surface area contributed by atoms with Crippen molar-refractivity contribution >= 4 is 5.70 Å². The summed E-state index contributed by atoms with van der Waals surface area (Å²) in [6, 6.07) is 5.70. The number of ether oxygens (including phenoxy) is 2. The summed E-state index contributed by atoms with van der Waals surface area (Å²) in [6.45, 7) is 8.11. The summed E-state index contributed by atoms with van der Waals surface area (Å²) >= 11 is 0. The van der Waals surface area contributed by atoms with E-state index in [1.165, 1.54) is 0 Å². The largest absolute Gasteiger partial charge is 0.496 e. The maximum absolute atomic E-state index is 5.51. The zero-order chi connectivity index (χ0) is 16.8. The highest BCUT2D eigenvalue weighted by molar-refractivity contribution is 5.58. The first-order chi connectivity index (χ1) is 11.0. The summed E-state index contributed by atoms with van der Waals surface area (Å²) in [5.74, 6) is 1.11. The van der Waals surface area contributed by atoms with E-state index in [4.69, 9.17) is 14.3 Å². The Kier molecular flexibility index (Phi) is 5.54. The Morgan fingerprint density at radius 2 is 2.00 bits per heavy atom. The van der Waals surface area contributed by atoms with Gasteiger partial charge in [0.1, 0.15) is 12.4 Å². The van der Waals surface area contributed by atoms with Crippen molar-refractivity contribution in [2.45, 2.75) is 20.5 Å². The predicted octanol–water partition coefficient (Wildman–Crippen LogP) is 2.80. The van der Waals surface area contributed by atoms with Crippen LogP contribution in [-0.2, 0) is 11.4 Å². The lowest BCUT2D eigenvalue weighted by atomic mass is 10.2. The molecule has 0 bridgehead atoms. The van der Waals surface area contributed by atoms with Crippen LogP contribution in [0.25, 0.3) is 5.70 Å². The molecule has 2 aromatic heterocycles. The summed E-state index contributed by atoms with van der Waals surface area (Å²) in [7, 11) is 3.14. The van der Waals surface area contributed by atoms with Gasteiger partial charge in [0, 0.05) is 11.9 Å². The molecular formula is C17H21N3O3. The zero-order valence-corrected chi connectivity index (χ0v) is 13.8. The molecule has 0 fully saturated rings. The average Bonchev–Trinajstić information content (AvgIpc) is 2.53. The van der Waals surface area contributed by atoms with E-state index in [0.717, 1.165) is 17.0 Å². The second kappa shape index (κ2) is 7.60. The number of pyridine rings is 2. The van der Waals surface area contributed by atoms with E-state index in [-0.39, 0.29) is 6.61 Å². The Bertz CT molecular complexity index is 659. The Morgan fingerprint density at radius 1 is 1.22 bits per heavy atom. The third kappa shape index (κ3) is 4.20. The number of methoxy groups -OCH3 is 2. The van der Waals surface area contributed by atoms with Gasteiger partial charge in [-0.15, -0.1) is 0 Å². The highest BCUT2D eigenvalue weighted by Gasteiger charge is 2.12. The van der Waals surface area contributed by atoms with Gasteiger partial charge in [0.05, 0.1) is 31.2 Å². The van der Waals surface area contributed by atoms with Gasteiger partial charge in [0.15, 0.2) is 0 Å². The van der Waals surface area contributed by atoms with Crippen molar-refractivity contribution in [2.24, 2.45) is 0 Å². The molecule has 0 atom stereocenters. The topological polar surface area (TPSA) is 65.5 Å². The maximum atomic E-state index is 5.51. The van der Waals surface area contributed by atoms with Gasteiger partial charge in [-0.1, -0.05) is 6.58 Å². The van der Waals surface area contributed by atoms with E-state index in [1.807, 2.05) is 26.0 Å². The van der Waals surface area contributed by atoms with Crippen molar-refractivity contribution in [3.63, 3.8) is 0 Å². The Hall–Kier alpha value is -2.60. The number of nitrogens with zero attached hydrogens (tertiary/aromatic N) is 2. The van der Waals surface area contributed by atoms with Crippen LogP contribution in [0.4, 0.5) is 0 Å². The molecule has 0 radical (unpaired) electrons. The molecule has 0 aliphatic heterocycles. The van der Waals surface area contributed by atoms with Crippen molar-refractivity contribution in [1.29, 1.82) is 0 Å². The Morgan fingerprint density at radius 3 is 2.65 bits per heavy atom. The molecule has 0 aliphatic carbocycles. The van der Waals surface area contributed by atoms with Gasteiger partial charge in [-0.05, 0) is 37.6 Å². The molecule has 2 rings (SSSR count). The lowest BCUT2D eigenvalue weighted by molar-refractivity contribution is 0.0615. The van der Waals surface area contributed by atoms with Crippen molar-refractivity contribution in [2.75, 3.05) is 14.2 Å². The van der Waals surface area contributed by atoms with Crippen LogP contribution in [0.15, 0.2) is 31.0 Å². The fourth-order valence-corrected chi connectivity index (χ4v) is 2.20. The van der Waals surface area contributed by atoms with E-state index in [9.17, 15) is 0 Å². The summed E-state index contributed by atoms with van der Waals surface area (Å²) in [5, 5.41) is 0. The SMILES string of the molecule is C=C(NOCc1c(OC)ccnc1OC)c1cc(C)cc(C)n1. The lowest BCUT2D eigenvalue weighted by Crippen LogP contribution is -2.14. The van der Waals surface area contributed by atoms with E-state index in [2.05, 4.69) is 22.0 Å². The highest BCUT2D eigenvalue weighted by Crippen LogP contribution is 2.26. The molecule has 0 amide bonds. The first-order valence-electron chi connectivity index (χ1n) is 7.13. The van der Waals surface area contributed by atoms with Crippen LogP contribution in [0.3, 0.4) is 0 Å². The fraction of sp³-hybridized carbons (Fsp3) is 0.294. The summed E-state index contributed by atoms with van der Waals surface area (Å²) in [5.41, 5.74) is 6.89. The summed E-state index contributed by atoms with van der Waals surface area (Å²) in [4.78, 5) is 14.1. The smallest absolute Gasteiger partial charge is 0.222 e. The monoisotopic (exact) mass is 315 g/mol. The first kappa shape index (κ1) is 16.8. The summed E-state index contributed by atoms with van der Waals surface area (Å²) < 4.78 is 10.5. The maximum Gasteiger partial charge on any atom is 0.222 e. The zero-order valence-electron chi connectivity index (χ0n) is 13.8. The summed E-state index contributed by atoms with van der Waals surface area (Å²) in [6.07, 6.45) is 1.62. The average molecular weight is 315 g/mol. The standard InChI is InChI=1S/C17H21N3O3/c1-11-8-12(2)19-15(9-11)13(3)20-23-10-14-16(21-4)6-7-18-17(14)22-5/h6-9,20H,3,10H2,1-2,4-5H3. The predicted molar refractivity (Wildman–Crippen MR) is 88.0 cm³/mol. The molecule has 6 heteroatoms. The lowest BCUT2D eigenvalue weighted by Gasteiger charge is -2.14.